The molecule has 0 N–H and O–H groups in total. The number of hydrogen-bond donors (Lipinski definition) is 0. The molecule has 0 aromatic heterocycles. The first-order valence-electron chi connectivity index (χ1n) is 6.78. The Morgan fingerprint density at radius 3 is 1.91 bits per heavy atom. The Kier molecular flexibility index (Phi) is 6.92. The van der Waals surface area contributed by atoms with Gasteiger partial charge in [0.05, 0.1) is 33.7 Å². The molecule has 23 heavy (non-hydrogen) atoms. The van der Waals surface area contributed by atoms with Crippen LogP contribution in [-0.4, -0.2) is 45.0 Å². The van der Waals surface area contributed by atoms with Crippen LogP contribution in [0.4, 0.5) is 0 Å². The first-order valence-corrected chi connectivity index (χ1v) is 6.78. The van der Waals surface area contributed by atoms with Gasteiger partial charge in [0, 0.05) is 5.56 Å². The number of rotatable bonds is 7. The molecule has 7 nitrogen and oxygen atoms in total. The SMILES string of the molecule is COC(=O)CC(C(=O)OC)C(C(=O)OC)C(=O)c1ccccc1. The number of carbonyl (C=O) groups excluding carboxylic acids is 4. The lowest BCUT2D eigenvalue weighted by Gasteiger charge is -2.21. The van der Waals surface area contributed by atoms with Crippen LogP contribution in [-0.2, 0) is 28.6 Å². The molecule has 124 valence electrons. The molecule has 0 saturated heterocycles. The molecule has 0 radical (unpaired) electrons. The van der Waals surface area contributed by atoms with Crippen LogP contribution in [0.1, 0.15) is 16.8 Å². The van der Waals surface area contributed by atoms with Gasteiger partial charge in [0.25, 0.3) is 0 Å². The molecule has 0 bridgehead atoms. The van der Waals surface area contributed by atoms with E-state index in [0.717, 1.165) is 21.3 Å². The molecular formula is C16H18O7. The van der Waals surface area contributed by atoms with E-state index in [1.807, 2.05) is 0 Å². The highest BCUT2D eigenvalue weighted by Crippen LogP contribution is 2.24. The number of hydrogen-bond acceptors (Lipinski definition) is 7. The van der Waals surface area contributed by atoms with Gasteiger partial charge in [0.15, 0.2) is 5.78 Å². The molecule has 0 saturated carbocycles. The van der Waals surface area contributed by atoms with Crippen molar-refractivity contribution >= 4 is 23.7 Å². The second-order valence-electron chi connectivity index (χ2n) is 4.64. The van der Waals surface area contributed by atoms with E-state index in [1.54, 1.807) is 18.2 Å². The average molecular weight is 322 g/mol. The predicted octanol–water partition coefficient (Wildman–Crippen LogP) is 1.01. The Bertz CT molecular complexity index is 579. The summed E-state index contributed by atoms with van der Waals surface area (Å²) in [5, 5.41) is 0. The third kappa shape index (κ3) is 4.64. The maximum atomic E-state index is 12.6. The zero-order chi connectivity index (χ0) is 17.4. The van der Waals surface area contributed by atoms with Gasteiger partial charge in [-0.3, -0.25) is 19.2 Å². The Hall–Kier alpha value is -2.70. The number of ketones is 1. The zero-order valence-electron chi connectivity index (χ0n) is 13.1. The third-order valence-electron chi connectivity index (χ3n) is 3.32. The molecule has 1 rings (SSSR count). The highest BCUT2D eigenvalue weighted by atomic mass is 16.5. The van der Waals surface area contributed by atoms with Gasteiger partial charge in [-0.05, 0) is 0 Å². The minimum Gasteiger partial charge on any atom is -0.469 e. The predicted molar refractivity (Wildman–Crippen MR) is 78.4 cm³/mol. The van der Waals surface area contributed by atoms with E-state index in [9.17, 15) is 19.2 Å². The van der Waals surface area contributed by atoms with Crippen molar-refractivity contribution in [3.63, 3.8) is 0 Å². The maximum absolute atomic E-state index is 12.6. The standard InChI is InChI=1S/C16H18O7/c1-21-12(17)9-11(15(19)22-2)13(16(20)23-3)14(18)10-7-5-4-6-8-10/h4-8,11,13H,9H2,1-3H3. The molecule has 0 spiro atoms. The molecule has 0 heterocycles. The fraction of sp³-hybridized carbons (Fsp3) is 0.375. The third-order valence-corrected chi connectivity index (χ3v) is 3.32. The van der Waals surface area contributed by atoms with Gasteiger partial charge in [-0.25, -0.2) is 0 Å². The quantitative estimate of drug-likeness (QED) is 0.320. The van der Waals surface area contributed by atoms with Gasteiger partial charge in [-0.1, -0.05) is 30.3 Å². The van der Waals surface area contributed by atoms with E-state index in [0.29, 0.717) is 0 Å². The summed E-state index contributed by atoms with van der Waals surface area (Å²) in [5.74, 6) is -5.97. The van der Waals surface area contributed by atoms with Crippen LogP contribution in [0.25, 0.3) is 0 Å². The van der Waals surface area contributed by atoms with Crippen LogP contribution in [0, 0.1) is 11.8 Å². The second kappa shape index (κ2) is 8.67. The van der Waals surface area contributed by atoms with Gasteiger partial charge in [-0.2, -0.15) is 0 Å². The lowest BCUT2D eigenvalue weighted by Crippen LogP contribution is -2.38. The first kappa shape index (κ1) is 18.3. The van der Waals surface area contributed by atoms with Crippen molar-refractivity contribution in [1.82, 2.24) is 0 Å². The lowest BCUT2D eigenvalue weighted by molar-refractivity contribution is -0.159. The Morgan fingerprint density at radius 1 is 0.870 bits per heavy atom. The molecule has 7 heteroatoms. The molecule has 0 aliphatic heterocycles. The van der Waals surface area contributed by atoms with E-state index >= 15 is 0 Å². The number of benzene rings is 1. The summed E-state index contributed by atoms with van der Waals surface area (Å²) in [7, 11) is 3.34. The Labute approximate surface area is 133 Å². The molecule has 2 unspecified atom stereocenters. The summed E-state index contributed by atoms with van der Waals surface area (Å²) in [6.45, 7) is 0. The van der Waals surface area contributed by atoms with Crippen LogP contribution in [0.5, 0.6) is 0 Å². The fourth-order valence-corrected chi connectivity index (χ4v) is 2.11. The lowest BCUT2D eigenvalue weighted by atomic mass is 9.83. The minimum atomic E-state index is -1.49. The molecule has 1 aromatic carbocycles. The summed E-state index contributed by atoms with van der Waals surface area (Å²) < 4.78 is 13.8. The van der Waals surface area contributed by atoms with Crippen LogP contribution < -0.4 is 0 Å². The Morgan fingerprint density at radius 2 is 1.43 bits per heavy atom. The van der Waals surface area contributed by atoms with E-state index in [2.05, 4.69) is 14.2 Å². The normalized spacial score (nSPS) is 12.7. The number of ether oxygens (including phenoxy) is 3. The fourth-order valence-electron chi connectivity index (χ4n) is 2.11. The highest BCUT2D eigenvalue weighted by Gasteiger charge is 2.42. The summed E-state index contributed by atoms with van der Waals surface area (Å²) in [6.07, 6.45) is -0.471. The number of carbonyl (C=O) groups is 4. The highest BCUT2D eigenvalue weighted by molar-refractivity contribution is 6.11. The van der Waals surface area contributed by atoms with Crippen molar-refractivity contribution in [1.29, 1.82) is 0 Å². The molecule has 0 aliphatic carbocycles. The minimum absolute atomic E-state index is 0.224. The van der Waals surface area contributed by atoms with Gasteiger partial charge in [0.2, 0.25) is 0 Å². The van der Waals surface area contributed by atoms with E-state index in [1.165, 1.54) is 12.1 Å². The summed E-state index contributed by atoms with van der Waals surface area (Å²) >= 11 is 0. The average Bonchev–Trinajstić information content (AvgIpc) is 2.60. The topological polar surface area (TPSA) is 96.0 Å². The van der Waals surface area contributed by atoms with Crippen LogP contribution in [0.2, 0.25) is 0 Å². The van der Waals surface area contributed by atoms with E-state index in [4.69, 9.17) is 0 Å². The van der Waals surface area contributed by atoms with Crippen molar-refractivity contribution in [3.05, 3.63) is 35.9 Å². The summed E-state index contributed by atoms with van der Waals surface area (Å²) in [5.41, 5.74) is 0.224. The largest absolute Gasteiger partial charge is 0.469 e. The van der Waals surface area contributed by atoms with Crippen molar-refractivity contribution < 1.29 is 33.4 Å². The van der Waals surface area contributed by atoms with E-state index < -0.39 is 41.9 Å². The zero-order valence-corrected chi connectivity index (χ0v) is 13.1. The van der Waals surface area contributed by atoms with E-state index in [-0.39, 0.29) is 5.56 Å². The number of esters is 3. The van der Waals surface area contributed by atoms with Gasteiger partial charge in [-0.15, -0.1) is 0 Å². The molecule has 0 aliphatic rings. The second-order valence-corrected chi connectivity index (χ2v) is 4.64. The molecule has 1 aromatic rings. The number of methoxy groups -OCH3 is 3. The van der Waals surface area contributed by atoms with Gasteiger partial charge >= 0.3 is 17.9 Å². The number of Topliss-reactive ketones (excluding diaryl/α,β-unsaturated/α-hetero) is 1. The van der Waals surface area contributed by atoms with Gasteiger partial charge in [0.1, 0.15) is 5.92 Å². The monoisotopic (exact) mass is 322 g/mol. The van der Waals surface area contributed by atoms with Crippen molar-refractivity contribution in [2.75, 3.05) is 21.3 Å². The maximum Gasteiger partial charge on any atom is 0.317 e. The van der Waals surface area contributed by atoms with Crippen LogP contribution in [0.15, 0.2) is 30.3 Å². The van der Waals surface area contributed by atoms with Crippen LogP contribution in [0.3, 0.4) is 0 Å². The smallest absolute Gasteiger partial charge is 0.317 e. The first-order chi connectivity index (χ1) is 11.0. The van der Waals surface area contributed by atoms with Crippen molar-refractivity contribution in [2.45, 2.75) is 6.42 Å². The Balaban J connectivity index is 3.24. The van der Waals surface area contributed by atoms with Crippen LogP contribution >= 0.6 is 0 Å². The van der Waals surface area contributed by atoms with Crippen molar-refractivity contribution in [3.8, 4) is 0 Å². The summed E-state index contributed by atoms with van der Waals surface area (Å²) in [4.78, 5) is 48.2. The summed E-state index contributed by atoms with van der Waals surface area (Å²) in [6, 6.07) is 7.95. The van der Waals surface area contributed by atoms with Gasteiger partial charge < -0.3 is 14.2 Å². The molecule has 2 atom stereocenters. The molecule has 0 amide bonds. The molecular weight excluding hydrogens is 304 g/mol. The van der Waals surface area contributed by atoms with Crippen molar-refractivity contribution in [2.24, 2.45) is 11.8 Å². The molecule has 0 fully saturated rings.